The fraction of sp³-hybridized carbons (Fsp3) is 1.00. The van der Waals surface area contributed by atoms with Crippen LogP contribution in [0, 0.1) is 11.8 Å². The molecule has 16 nitrogen and oxygen atoms in total. The van der Waals surface area contributed by atoms with E-state index in [1.165, 1.54) is 0 Å². The molecule has 16 heteroatoms. The Hall–Kier alpha value is -0.640. The summed E-state index contributed by atoms with van der Waals surface area (Å²) in [6.07, 6.45) is -20.3. The lowest BCUT2D eigenvalue weighted by Crippen LogP contribution is -2.63. The van der Waals surface area contributed by atoms with Gasteiger partial charge in [-0.05, 0) is 19.3 Å². The standard InChI is InChI=1S/C26H44O16/c27-9-3-11(28)10-5-16(24(40-15(10)4-9)8-1-12(29)18(32)13(30)2-8)41-26-23(37)21(35)20(34)17(42-26)7-39-25-22(36)19(33)14(31)6-38-25/h8-37H,1-7H2/p+1/t8?,9?,10?,11?,12?,13?,14-,15?,16?,17-,18?,19-,20-,21-,22+,23-,24?,25-,26-/m1/s1. The molecule has 5 rings (SSSR count). The van der Waals surface area contributed by atoms with Crippen molar-refractivity contribution in [1.29, 1.82) is 0 Å². The molecule has 0 aromatic carbocycles. The smallest absolute Gasteiger partial charge is 0.187 e. The van der Waals surface area contributed by atoms with Crippen molar-refractivity contribution < 1.29 is 79.9 Å². The molecular formula is C26H45O16+. The maximum absolute atomic E-state index is 10.8. The van der Waals surface area contributed by atoms with Crippen LogP contribution in [0.3, 0.4) is 0 Å². The molecule has 17 atom stereocenters. The molecule has 5 fully saturated rings. The molecule has 0 bridgehead atoms. The molecule has 3 aliphatic heterocycles. The summed E-state index contributed by atoms with van der Waals surface area (Å²) >= 11 is 0. The van der Waals surface area contributed by atoms with Gasteiger partial charge in [-0.3, -0.25) is 0 Å². The van der Waals surface area contributed by atoms with Crippen molar-refractivity contribution in [3.8, 4) is 0 Å². The minimum absolute atomic E-state index is 0.0882. The van der Waals surface area contributed by atoms with Gasteiger partial charge in [0.25, 0.3) is 0 Å². The van der Waals surface area contributed by atoms with Crippen molar-refractivity contribution in [3.05, 3.63) is 0 Å². The van der Waals surface area contributed by atoms with E-state index in [1.807, 2.05) is 0 Å². The number of aliphatic hydroxyl groups is 13. The van der Waals surface area contributed by atoms with Crippen LogP contribution in [-0.2, 0) is 18.9 Å². The van der Waals surface area contributed by atoms with Crippen molar-refractivity contribution in [1.82, 2.24) is 0 Å². The lowest BCUT2D eigenvalue weighted by molar-refractivity contribution is -0.361. The van der Waals surface area contributed by atoms with Crippen molar-refractivity contribution in [2.45, 2.75) is 136 Å². The van der Waals surface area contributed by atoms with E-state index >= 15 is 0 Å². The highest BCUT2D eigenvalue weighted by Crippen LogP contribution is 2.42. The molecule has 3 saturated heterocycles. The third-order valence-electron chi connectivity index (χ3n) is 9.48. The molecule has 12 N–H and O–H groups in total. The second kappa shape index (κ2) is 13.4. The Kier molecular flexibility index (Phi) is 10.4. The van der Waals surface area contributed by atoms with Gasteiger partial charge in [0.2, 0.25) is 0 Å². The van der Waals surface area contributed by atoms with Crippen LogP contribution in [0.5, 0.6) is 0 Å². The Morgan fingerprint density at radius 2 is 1.29 bits per heavy atom. The molecule has 3 heterocycles. The van der Waals surface area contributed by atoms with Gasteiger partial charge in [-0.15, -0.1) is 0 Å². The first-order valence-corrected chi connectivity index (χ1v) is 14.6. The summed E-state index contributed by atoms with van der Waals surface area (Å²) in [7, 11) is 0. The van der Waals surface area contributed by atoms with Gasteiger partial charge < -0.3 is 79.9 Å². The van der Waals surface area contributed by atoms with Crippen LogP contribution in [0.15, 0.2) is 0 Å². The zero-order valence-electron chi connectivity index (χ0n) is 22.9. The number of fused-ring (bicyclic) bond motifs is 1. The van der Waals surface area contributed by atoms with Gasteiger partial charge in [0.05, 0.1) is 43.5 Å². The quantitative estimate of drug-likeness (QED) is 0.124. The molecule has 5 aliphatic rings. The maximum atomic E-state index is 10.8. The van der Waals surface area contributed by atoms with E-state index in [2.05, 4.69) is 0 Å². The van der Waals surface area contributed by atoms with E-state index in [1.54, 1.807) is 0 Å². The molecule has 2 aliphatic carbocycles. The summed E-state index contributed by atoms with van der Waals surface area (Å²) < 4.78 is 27.5. The van der Waals surface area contributed by atoms with Gasteiger partial charge in [0.15, 0.2) is 24.8 Å². The Labute approximate surface area is 241 Å². The van der Waals surface area contributed by atoms with Crippen LogP contribution >= 0.6 is 0 Å². The molecule has 42 heavy (non-hydrogen) atoms. The van der Waals surface area contributed by atoms with E-state index in [4.69, 9.17) is 23.7 Å². The minimum Gasteiger partial charge on any atom is -0.427 e. The first kappa shape index (κ1) is 32.7. The third-order valence-corrected chi connectivity index (χ3v) is 9.48. The van der Waals surface area contributed by atoms with Gasteiger partial charge in [-0.1, -0.05) is 0 Å². The highest BCUT2D eigenvalue weighted by atomic mass is 16.7. The molecular weight excluding hydrogens is 568 g/mol. The highest BCUT2D eigenvalue weighted by Gasteiger charge is 2.55. The predicted octanol–water partition coefficient (Wildman–Crippen LogP) is -6.07. The second-order valence-electron chi connectivity index (χ2n) is 12.4. The summed E-state index contributed by atoms with van der Waals surface area (Å²) in [4.78, 5) is 0. The Balaban J connectivity index is 1.30. The molecule has 0 radical (unpaired) electrons. The van der Waals surface area contributed by atoms with Gasteiger partial charge >= 0.3 is 0 Å². The molecule has 0 amide bonds. The van der Waals surface area contributed by atoms with Crippen LogP contribution in [-0.4, -0.2) is 178 Å². The van der Waals surface area contributed by atoms with Crippen molar-refractivity contribution in [2.24, 2.45) is 11.8 Å². The van der Waals surface area contributed by atoms with E-state index < -0.39 is 123 Å². The minimum atomic E-state index is -1.74. The summed E-state index contributed by atoms with van der Waals surface area (Å²) in [5.74, 6) is -0.872. The van der Waals surface area contributed by atoms with E-state index in [0.29, 0.717) is 6.42 Å². The number of aliphatic hydroxyl groups excluding tert-OH is 11. The monoisotopic (exact) mass is 613 g/mol. The van der Waals surface area contributed by atoms with Crippen LogP contribution in [0.1, 0.15) is 32.1 Å². The van der Waals surface area contributed by atoms with E-state index in [9.17, 15) is 56.2 Å². The van der Waals surface area contributed by atoms with Crippen LogP contribution in [0.2, 0.25) is 0 Å². The summed E-state index contributed by atoms with van der Waals surface area (Å²) in [6, 6.07) is 0. The fourth-order valence-corrected chi connectivity index (χ4v) is 7.02. The molecule has 0 aromatic heterocycles. The van der Waals surface area contributed by atoms with E-state index in [-0.39, 0.29) is 32.3 Å². The molecule has 0 aromatic rings. The summed E-state index contributed by atoms with van der Waals surface area (Å²) in [5.41, 5.74) is 0. The largest absolute Gasteiger partial charge is 0.427 e. The molecule has 8 unspecified atom stereocenters. The average Bonchev–Trinajstić information content (AvgIpc) is 2.94. The SMILES string of the molecule is OC1CC(O)C2CC(O[C@@H]3O[C@H](CO[C@H]4OC[C@@H](O)[C@@H](O)[C@@H]4O)[C@@H](O)[C@@H](O)[C@H]3O)C(C3CC(O)C(O)C(O)C3)[OH+]C2C1. The fourth-order valence-electron chi connectivity index (χ4n) is 7.02. The zero-order chi connectivity index (χ0) is 30.5. The van der Waals surface area contributed by atoms with Gasteiger partial charge in [-0.25, -0.2) is 0 Å². The third kappa shape index (κ3) is 6.64. The van der Waals surface area contributed by atoms with Gasteiger partial charge in [-0.2, -0.15) is 0 Å². The van der Waals surface area contributed by atoms with Crippen molar-refractivity contribution in [3.63, 3.8) is 0 Å². The summed E-state index contributed by atoms with van der Waals surface area (Å²) in [6.45, 7) is -0.780. The topological polar surface area (TPSA) is 272 Å². The molecule has 244 valence electrons. The Morgan fingerprint density at radius 3 is 1.98 bits per heavy atom. The normalized spacial score (nSPS) is 55.6. The van der Waals surface area contributed by atoms with Crippen molar-refractivity contribution >= 4 is 0 Å². The first-order valence-electron chi connectivity index (χ1n) is 14.6. The number of hydrogen-bond donors (Lipinski definition) is 11. The first-order chi connectivity index (χ1) is 19.8. The van der Waals surface area contributed by atoms with Crippen LogP contribution in [0.4, 0.5) is 0 Å². The lowest BCUT2D eigenvalue weighted by Gasteiger charge is -2.49. The second-order valence-corrected chi connectivity index (χ2v) is 12.4. The van der Waals surface area contributed by atoms with Crippen molar-refractivity contribution in [2.75, 3.05) is 13.2 Å². The van der Waals surface area contributed by atoms with E-state index in [0.717, 1.165) is 0 Å². The van der Waals surface area contributed by atoms with Gasteiger partial charge in [0.1, 0.15) is 54.9 Å². The zero-order valence-corrected chi connectivity index (χ0v) is 22.9. The highest BCUT2D eigenvalue weighted by molar-refractivity contribution is 4.99. The number of rotatable bonds is 6. The van der Waals surface area contributed by atoms with Crippen LogP contribution < -0.4 is 0 Å². The maximum Gasteiger partial charge on any atom is 0.187 e. The number of hydrogen-bond acceptors (Lipinski definition) is 15. The Morgan fingerprint density at radius 1 is 0.619 bits per heavy atom. The van der Waals surface area contributed by atoms with Crippen LogP contribution in [0.25, 0.3) is 0 Å². The summed E-state index contributed by atoms with van der Waals surface area (Å²) in [5, 5.41) is 113. The molecule has 0 spiro atoms. The van der Waals surface area contributed by atoms with Gasteiger partial charge in [0, 0.05) is 18.8 Å². The average molecular weight is 614 g/mol. The molecule has 2 saturated carbocycles. The lowest BCUT2D eigenvalue weighted by atomic mass is 9.72. The predicted molar refractivity (Wildman–Crippen MR) is 135 cm³/mol. The number of ether oxygens (including phenoxy) is 5. The Bertz CT molecular complexity index is 871.